The predicted octanol–water partition coefficient (Wildman–Crippen LogP) is 3.27. The Labute approximate surface area is 121 Å². The van der Waals surface area contributed by atoms with Gasteiger partial charge in [0.25, 0.3) is 0 Å². The highest BCUT2D eigenvalue weighted by atomic mass is 14.9. The van der Waals surface area contributed by atoms with Crippen molar-refractivity contribution >= 4 is 0 Å². The molecule has 3 N–H and O–H groups in total. The number of hydrogen-bond acceptors (Lipinski definition) is 2. The van der Waals surface area contributed by atoms with Crippen LogP contribution in [-0.4, -0.2) is 6.54 Å². The van der Waals surface area contributed by atoms with E-state index in [0.29, 0.717) is 6.04 Å². The summed E-state index contributed by atoms with van der Waals surface area (Å²) in [5.41, 5.74) is 11.7. The largest absolute Gasteiger partial charge is 0.324 e. The summed E-state index contributed by atoms with van der Waals surface area (Å²) in [6.07, 6.45) is 2.08. The highest BCUT2D eigenvalue weighted by Gasteiger charge is 2.27. The van der Waals surface area contributed by atoms with E-state index in [9.17, 15) is 0 Å². The molecular formula is C18H22N2. The van der Waals surface area contributed by atoms with Crippen LogP contribution in [0.2, 0.25) is 0 Å². The SMILES string of the molecule is Cc1ccccc1CCNC1CC(N)c2ccccc21. The zero-order chi connectivity index (χ0) is 13.9. The van der Waals surface area contributed by atoms with Gasteiger partial charge in [-0.25, -0.2) is 0 Å². The molecule has 0 aromatic heterocycles. The van der Waals surface area contributed by atoms with E-state index in [4.69, 9.17) is 5.73 Å². The molecule has 0 spiro atoms. The molecule has 2 aromatic rings. The minimum Gasteiger partial charge on any atom is -0.324 e. The van der Waals surface area contributed by atoms with Crippen molar-refractivity contribution in [3.05, 3.63) is 70.8 Å². The molecule has 2 nitrogen and oxygen atoms in total. The first-order chi connectivity index (χ1) is 9.75. The summed E-state index contributed by atoms with van der Waals surface area (Å²) in [5, 5.41) is 3.66. The Morgan fingerprint density at radius 3 is 2.55 bits per heavy atom. The normalized spacial score (nSPS) is 20.9. The van der Waals surface area contributed by atoms with Crippen LogP contribution in [0.1, 0.15) is 40.8 Å². The lowest BCUT2D eigenvalue weighted by Crippen LogP contribution is -2.22. The lowest BCUT2D eigenvalue weighted by Gasteiger charge is -2.14. The van der Waals surface area contributed by atoms with Crippen LogP contribution in [0.25, 0.3) is 0 Å². The second-order valence-electron chi connectivity index (χ2n) is 5.65. The predicted molar refractivity (Wildman–Crippen MR) is 83.6 cm³/mol. The van der Waals surface area contributed by atoms with E-state index in [2.05, 4.69) is 60.8 Å². The molecule has 0 radical (unpaired) electrons. The van der Waals surface area contributed by atoms with E-state index in [1.807, 2.05) is 0 Å². The van der Waals surface area contributed by atoms with Crippen molar-refractivity contribution in [3.63, 3.8) is 0 Å². The molecule has 0 amide bonds. The average molecular weight is 266 g/mol. The van der Waals surface area contributed by atoms with Crippen LogP contribution in [0, 0.1) is 6.92 Å². The van der Waals surface area contributed by atoms with Gasteiger partial charge in [-0.15, -0.1) is 0 Å². The molecule has 0 heterocycles. The lowest BCUT2D eigenvalue weighted by atomic mass is 10.1. The van der Waals surface area contributed by atoms with E-state index in [0.717, 1.165) is 19.4 Å². The van der Waals surface area contributed by atoms with Crippen LogP contribution in [-0.2, 0) is 6.42 Å². The van der Waals surface area contributed by atoms with E-state index >= 15 is 0 Å². The Morgan fingerprint density at radius 2 is 1.75 bits per heavy atom. The zero-order valence-corrected chi connectivity index (χ0v) is 12.0. The van der Waals surface area contributed by atoms with Crippen LogP contribution < -0.4 is 11.1 Å². The summed E-state index contributed by atoms with van der Waals surface area (Å²) in [7, 11) is 0. The molecule has 0 fully saturated rings. The number of benzene rings is 2. The molecule has 3 rings (SSSR count). The molecule has 0 saturated heterocycles. The maximum absolute atomic E-state index is 6.20. The molecule has 20 heavy (non-hydrogen) atoms. The fourth-order valence-electron chi connectivity index (χ4n) is 3.14. The number of hydrogen-bond donors (Lipinski definition) is 2. The Morgan fingerprint density at radius 1 is 1.05 bits per heavy atom. The molecule has 0 saturated carbocycles. The molecule has 0 bridgehead atoms. The highest BCUT2D eigenvalue weighted by molar-refractivity contribution is 5.37. The van der Waals surface area contributed by atoms with E-state index in [1.54, 1.807) is 0 Å². The number of nitrogens with two attached hydrogens (primary N) is 1. The second-order valence-corrected chi connectivity index (χ2v) is 5.65. The molecule has 1 aliphatic carbocycles. The summed E-state index contributed by atoms with van der Waals surface area (Å²) >= 11 is 0. The van der Waals surface area contributed by atoms with Crippen LogP contribution in [0.15, 0.2) is 48.5 Å². The second kappa shape index (κ2) is 5.78. The first kappa shape index (κ1) is 13.3. The Bertz CT molecular complexity index is 591. The molecular weight excluding hydrogens is 244 g/mol. The van der Waals surface area contributed by atoms with Crippen LogP contribution in [0.3, 0.4) is 0 Å². The lowest BCUT2D eigenvalue weighted by molar-refractivity contribution is 0.502. The van der Waals surface area contributed by atoms with Crippen molar-refractivity contribution in [2.24, 2.45) is 5.73 Å². The topological polar surface area (TPSA) is 38.0 Å². The van der Waals surface area contributed by atoms with Crippen LogP contribution in [0.4, 0.5) is 0 Å². The van der Waals surface area contributed by atoms with Gasteiger partial charge in [-0.1, -0.05) is 48.5 Å². The average Bonchev–Trinajstić information content (AvgIpc) is 2.78. The van der Waals surface area contributed by atoms with Gasteiger partial charge in [0.2, 0.25) is 0 Å². The van der Waals surface area contributed by atoms with Gasteiger partial charge in [0.1, 0.15) is 0 Å². The molecule has 2 unspecified atom stereocenters. The quantitative estimate of drug-likeness (QED) is 0.891. The van der Waals surface area contributed by atoms with E-state index in [1.165, 1.54) is 22.3 Å². The molecule has 104 valence electrons. The number of rotatable bonds is 4. The van der Waals surface area contributed by atoms with Gasteiger partial charge in [0.05, 0.1) is 0 Å². The van der Waals surface area contributed by atoms with E-state index < -0.39 is 0 Å². The van der Waals surface area contributed by atoms with Crippen molar-refractivity contribution in [1.29, 1.82) is 0 Å². The molecule has 1 aliphatic rings. The maximum atomic E-state index is 6.20. The minimum atomic E-state index is 0.183. The van der Waals surface area contributed by atoms with Gasteiger partial charge in [-0.2, -0.15) is 0 Å². The third-order valence-corrected chi connectivity index (χ3v) is 4.31. The molecule has 2 atom stereocenters. The third kappa shape index (κ3) is 2.62. The van der Waals surface area contributed by atoms with Gasteiger partial charge in [0, 0.05) is 12.1 Å². The maximum Gasteiger partial charge on any atom is 0.0341 e. The first-order valence-electron chi connectivity index (χ1n) is 7.38. The minimum absolute atomic E-state index is 0.183. The van der Waals surface area contributed by atoms with Crippen molar-refractivity contribution in [3.8, 4) is 0 Å². The summed E-state index contributed by atoms with van der Waals surface area (Å²) in [5.74, 6) is 0. The monoisotopic (exact) mass is 266 g/mol. The fourth-order valence-corrected chi connectivity index (χ4v) is 3.14. The Hall–Kier alpha value is -1.64. The van der Waals surface area contributed by atoms with Gasteiger partial charge in [-0.05, 0) is 48.6 Å². The van der Waals surface area contributed by atoms with Crippen LogP contribution >= 0.6 is 0 Å². The first-order valence-corrected chi connectivity index (χ1v) is 7.38. The van der Waals surface area contributed by atoms with Crippen molar-refractivity contribution < 1.29 is 0 Å². The van der Waals surface area contributed by atoms with Crippen molar-refractivity contribution in [1.82, 2.24) is 5.32 Å². The Balaban J connectivity index is 1.62. The fraction of sp³-hybridized carbons (Fsp3) is 0.333. The van der Waals surface area contributed by atoms with Crippen molar-refractivity contribution in [2.45, 2.75) is 31.8 Å². The van der Waals surface area contributed by atoms with E-state index in [-0.39, 0.29) is 6.04 Å². The van der Waals surface area contributed by atoms with Crippen molar-refractivity contribution in [2.75, 3.05) is 6.54 Å². The molecule has 2 heteroatoms. The summed E-state index contributed by atoms with van der Waals surface area (Å²) in [6.45, 7) is 3.17. The number of fused-ring (bicyclic) bond motifs is 1. The van der Waals surface area contributed by atoms with Gasteiger partial charge < -0.3 is 11.1 Å². The van der Waals surface area contributed by atoms with Gasteiger partial charge in [-0.3, -0.25) is 0 Å². The van der Waals surface area contributed by atoms with Gasteiger partial charge in [0.15, 0.2) is 0 Å². The summed E-state index contributed by atoms with van der Waals surface area (Å²) < 4.78 is 0. The van der Waals surface area contributed by atoms with Crippen LogP contribution in [0.5, 0.6) is 0 Å². The standard InChI is InChI=1S/C18H22N2/c1-13-6-2-3-7-14(13)10-11-20-18-12-17(19)15-8-4-5-9-16(15)18/h2-9,17-18,20H,10-12,19H2,1H3. The number of aryl methyl sites for hydroxylation is 1. The zero-order valence-electron chi connectivity index (χ0n) is 12.0. The summed E-state index contributed by atoms with van der Waals surface area (Å²) in [4.78, 5) is 0. The molecule has 0 aliphatic heterocycles. The highest BCUT2D eigenvalue weighted by Crippen LogP contribution is 2.36. The smallest absolute Gasteiger partial charge is 0.0341 e. The third-order valence-electron chi connectivity index (χ3n) is 4.31. The molecule has 2 aromatic carbocycles. The summed E-state index contributed by atoms with van der Waals surface area (Å²) in [6, 6.07) is 17.7. The number of nitrogens with one attached hydrogen (secondary N) is 1. The Kier molecular flexibility index (Phi) is 3.86. The van der Waals surface area contributed by atoms with Gasteiger partial charge >= 0.3 is 0 Å².